The van der Waals surface area contributed by atoms with E-state index >= 15 is 0 Å². The van der Waals surface area contributed by atoms with Crippen LogP contribution < -0.4 is 14.9 Å². The average molecular weight is 336 g/mol. The lowest BCUT2D eigenvalue weighted by Gasteiger charge is -2.08. The van der Waals surface area contributed by atoms with E-state index < -0.39 is 4.92 Å². The highest BCUT2D eigenvalue weighted by Crippen LogP contribution is 2.33. The van der Waals surface area contributed by atoms with Crippen molar-refractivity contribution in [2.75, 3.05) is 19.6 Å². The van der Waals surface area contributed by atoms with Crippen LogP contribution in [0.2, 0.25) is 5.02 Å². The van der Waals surface area contributed by atoms with Crippen molar-refractivity contribution in [2.24, 2.45) is 5.10 Å². The quantitative estimate of drug-likeness (QED) is 0.494. The Balaban J connectivity index is 2.29. The predicted molar refractivity (Wildman–Crippen MR) is 88.9 cm³/mol. The molecule has 0 fully saturated rings. The van der Waals surface area contributed by atoms with E-state index in [4.69, 9.17) is 21.1 Å². The van der Waals surface area contributed by atoms with Gasteiger partial charge in [-0.25, -0.2) is 0 Å². The molecule has 0 saturated carbocycles. The summed E-state index contributed by atoms with van der Waals surface area (Å²) in [6, 6.07) is 9.79. The molecule has 120 valence electrons. The monoisotopic (exact) mass is 335 g/mol. The van der Waals surface area contributed by atoms with E-state index in [1.54, 1.807) is 24.3 Å². The highest BCUT2D eigenvalue weighted by Gasteiger charge is 2.18. The molecule has 1 N–H and O–H groups in total. The fraction of sp³-hybridized carbons (Fsp3) is 0.133. The van der Waals surface area contributed by atoms with E-state index in [-0.39, 0.29) is 11.4 Å². The van der Waals surface area contributed by atoms with Crippen LogP contribution in [0.15, 0.2) is 41.5 Å². The average Bonchev–Trinajstić information content (AvgIpc) is 2.54. The lowest BCUT2D eigenvalue weighted by atomic mass is 10.1. The van der Waals surface area contributed by atoms with Gasteiger partial charge in [-0.3, -0.25) is 15.5 Å². The third-order valence-corrected chi connectivity index (χ3v) is 3.18. The molecule has 0 unspecified atom stereocenters. The molecule has 0 aliphatic heterocycles. The normalized spacial score (nSPS) is 10.6. The zero-order valence-electron chi connectivity index (χ0n) is 12.4. The van der Waals surface area contributed by atoms with Crippen molar-refractivity contribution in [3.63, 3.8) is 0 Å². The number of anilines is 1. The second kappa shape index (κ2) is 7.46. The van der Waals surface area contributed by atoms with Gasteiger partial charge in [0.1, 0.15) is 5.75 Å². The van der Waals surface area contributed by atoms with Crippen LogP contribution in [-0.2, 0) is 0 Å². The maximum absolute atomic E-state index is 11.1. The number of nitrogens with one attached hydrogen (secondary N) is 1. The molecule has 23 heavy (non-hydrogen) atoms. The van der Waals surface area contributed by atoms with Gasteiger partial charge in [0.05, 0.1) is 31.0 Å². The lowest BCUT2D eigenvalue weighted by Crippen LogP contribution is -1.99. The number of nitro benzene ring substituents is 1. The number of hydrogen-bond acceptors (Lipinski definition) is 6. The summed E-state index contributed by atoms with van der Waals surface area (Å²) in [6.07, 6.45) is 1.42. The number of halogens is 1. The van der Waals surface area contributed by atoms with Gasteiger partial charge in [-0.05, 0) is 18.2 Å². The van der Waals surface area contributed by atoms with Gasteiger partial charge in [-0.15, -0.1) is 0 Å². The SMILES string of the molecule is COc1cc(OC)c([N+](=O)[O-])cc1C=NNc1cccc(Cl)c1. The van der Waals surface area contributed by atoms with Gasteiger partial charge in [-0.2, -0.15) is 5.10 Å². The predicted octanol–water partition coefficient (Wildman–Crippen LogP) is 3.71. The standard InChI is InChI=1S/C15H14ClN3O4/c1-22-14-8-15(23-2)13(19(20)21)6-10(14)9-17-18-12-5-3-4-11(16)7-12/h3-9,18H,1-2H3. The molecular weight excluding hydrogens is 322 g/mol. The van der Waals surface area contributed by atoms with Gasteiger partial charge in [0.25, 0.3) is 0 Å². The minimum Gasteiger partial charge on any atom is -0.496 e. The summed E-state index contributed by atoms with van der Waals surface area (Å²) in [4.78, 5) is 10.5. The topological polar surface area (TPSA) is 86.0 Å². The molecule has 0 aliphatic carbocycles. The second-order valence-electron chi connectivity index (χ2n) is 4.40. The molecule has 2 aromatic carbocycles. The van der Waals surface area contributed by atoms with Crippen LogP contribution in [0.5, 0.6) is 11.5 Å². The van der Waals surface area contributed by atoms with Gasteiger partial charge < -0.3 is 9.47 Å². The molecule has 0 spiro atoms. The Bertz CT molecular complexity index is 749. The minimum atomic E-state index is -0.528. The van der Waals surface area contributed by atoms with E-state index in [2.05, 4.69) is 10.5 Å². The van der Waals surface area contributed by atoms with Crippen molar-refractivity contribution in [3.05, 3.63) is 57.1 Å². The highest BCUT2D eigenvalue weighted by molar-refractivity contribution is 6.30. The number of hydrogen-bond donors (Lipinski definition) is 1. The first-order valence-electron chi connectivity index (χ1n) is 6.50. The summed E-state index contributed by atoms with van der Waals surface area (Å²) < 4.78 is 10.2. The van der Waals surface area contributed by atoms with Gasteiger partial charge in [0.2, 0.25) is 5.75 Å². The molecule has 0 radical (unpaired) electrons. The Morgan fingerprint density at radius 1 is 1.22 bits per heavy atom. The van der Waals surface area contributed by atoms with E-state index in [1.807, 2.05) is 0 Å². The number of nitrogens with zero attached hydrogens (tertiary/aromatic N) is 2. The van der Waals surface area contributed by atoms with Gasteiger partial charge in [-0.1, -0.05) is 17.7 Å². The second-order valence-corrected chi connectivity index (χ2v) is 4.84. The summed E-state index contributed by atoms with van der Waals surface area (Å²) in [5.74, 6) is 0.524. The molecule has 0 bridgehead atoms. The van der Waals surface area contributed by atoms with Crippen LogP contribution in [0, 0.1) is 10.1 Å². The number of hydrazone groups is 1. The first-order chi connectivity index (χ1) is 11.0. The summed E-state index contributed by atoms with van der Waals surface area (Å²) >= 11 is 5.88. The molecule has 7 nitrogen and oxygen atoms in total. The Labute approximate surface area is 137 Å². The molecule has 0 saturated heterocycles. The van der Waals surface area contributed by atoms with E-state index in [1.165, 1.54) is 32.6 Å². The molecule has 0 amide bonds. The summed E-state index contributed by atoms with van der Waals surface area (Å²) in [5, 5.41) is 15.7. The lowest BCUT2D eigenvalue weighted by molar-refractivity contribution is -0.385. The molecule has 0 aromatic heterocycles. The van der Waals surface area contributed by atoms with Crippen LogP contribution in [0.25, 0.3) is 0 Å². The van der Waals surface area contributed by atoms with Crippen molar-refractivity contribution in [2.45, 2.75) is 0 Å². The zero-order valence-corrected chi connectivity index (χ0v) is 13.2. The Morgan fingerprint density at radius 3 is 2.57 bits per heavy atom. The molecule has 8 heteroatoms. The van der Waals surface area contributed by atoms with Gasteiger partial charge >= 0.3 is 5.69 Å². The smallest absolute Gasteiger partial charge is 0.311 e. The van der Waals surface area contributed by atoms with Crippen molar-refractivity contribution in [1.29, 1.82) is 0 Å². The molecule has 2 aromatic rings. The largest absolute Gasteiger partial charge is 0.496 e. The molecule has 0 aliphatic rings. The van der Waals surface area contributed by atoms with Crippen LogP contribution >= 0.6 is 11.6 Å². The van der Waals surface area contributed by atoms with Crippen molar-refractivity contribution in [3.8, 4) is 11.5 Å². The molecular formula is C15H14ClN3O4. The maximum Gasteiger partial charge on any atom is 0.311 e. The number of nitro groups is 1. The highest BCUT2D eigenvalue weighted by atomic mass is 35.5. The minimum absolute atomic E-state index is 0.117. The van der Waals surface area contributed by atoms with Crippen molar-refractivity contribution >= 4 is 29.2 Å². The number of methoxy groups -OCH3 is 2. The van der Waals surface area contributed by atoms with Crippen LogP contribution in [0.3, 0.4) is 0 Å². The first-order valence-corrected chi connectivity index (χ1v) is 6.88. The van der Waals surface area contributed by atoms with E-state index in [0.717, 1.165) is 0 Å². The van der Waals surface area contributed by atoms with Crippen LogP contribution in [-0.4, -0.2) is 25.4 Å². The van der Waals surface area contributed by atoms with Crippen molar-refractivity contribution in [1.82, 2.24) is 0 Å². The Kier molecular flexibility index (Phi) is 5.37. The third kappa shape index (κ3) is 4.10. The summed E-state index contributed by atoms with van der Waals surface area (Å²) in [5.41, 5.74) is 3.75. The number of benzene rings is 2. The Hall–Kier alpha value is -2.80. The van der Waals surface area contributed by atoms with Gasteiger partial charge in [0.15, 0.2) is 0 Å². The third-order valence-electron chi connectivity index (χ3n) is 2.95. The van der Waals surface area contributed by atoms with E-state index in [9.17, 15) is 10.1 Å². The van der Waals surface area contributed by atoms with Crippen LogP contribution in [0.4, 0.5) is 11.4 Å². The van der Waals surface area contributed by atoms with Crippen molar-refractivity contribution < 1.29 is 14.4 Å². The maximum atomic E-state index is 11.1. The fourth-order valence-corrected chi connectivity index (χ4v) is 2.07. The number of ether oxygens (including phenoxy) is 2. The van der Waals surface area contributed by atoms with Crippen LogP contribution in [0.1, 0.15) is 5.56 Å². The summed E-state index contributed by atoms with van der Waals surface area (Å²) in [7, 11) is 2.82. The number of rotatable bonds is 6. The first kappa shape index (κ1) is 16.6. The van der Waals surface area contributed by atoms with E-state index in [0.29, 0.717) is 22.0 Å². The summed E-state index contributed by atoms with van der Waals surface area (Å²) in [6.45, 7) is 0. The fourth-order valence-electron chi connectivity index (χ4n) is 1.88. The Morgan fingerprint density at radius 2 is 1.96 bits per heavy atom. The van der Waals surface area contributed by atoms with Gasteiger partial charge in [0, 0.05) is 22.7 Å². The molecule has 0 atom stereocenters. The molecule has 2 rings (SSSR count). The zero-order chi connectivity index (χ0) is 16.8. The molecule has 0 heterocycles.